The molecule has 8 heteroatoms. The number of alkyl halides is 1. The number of pyridine rings is 1. The highest BCUT2D eigenvalue weighted by molar-refractivity contribution is 8.15. The molecule has 1 aliphatic heterocycles. The van der Waals surface area contributed by atoms with Crippen LogP contribution in [0.15, 0.2) is 53.7 Å². The SMILES string of the molecule is O=C(NCC1SC(=Nc2ccccn2)NC1=O)c1ccc(CF)cc1. The van der Waals surface area contributed by atoms with Crippen molar-refractivity contribution in [3.05, 3.63) is 59.8 Å². The molecule has 2 N–H and O–H groups in total. The van der Waals surface area contributed by atoms with E-state index in [1.54, 1.807) is 48.7 Å². The van der Waals surface area contributed by atoms with Gasteiger partial charge < -0.3 is 10.6 Å². The van der Waals surface area contributed by atoms with Crippen LogP contribution in [0.1, 0.15) is 15.9 Å². The first-order chi connectivity index (χ1) is 12.2. The summed E-state index contributed by atoms with van der Waals surface area (Å²) in [4.78, 5) is 32.4. The fourth-order valence-electron chi connectivity index (χ4n) is 2.15. The molecule has 1 aliphatic rings. The summed E-state index contributed by atoms with van der Waals surface area (Å²) in [7, 11) is 0. The second kappa shape index (κ2) is 7.89. The number of nitrogens with zero attached hydrogens (tertiary/aromatic N) is 2. The molecular weight excluding hydrogens is 343 g/mol. The molecule has 1 aromatic heterocycles. The van der Waals surface area contributed by atoms with E-state index in [1.807, 2.05) is 0 Å². The van der Waals surface area contributed by atoms with Crippen LogP contribution in [0.5, 0.6) is 0 Å². The molecule has 0 radical (unpaired) electrons. The number of amides is 2. The van der Waals surface area contributed by atoms with Gasteiger partial charge in [-0.05, 0) is 29.8 Å². The highest BCUT2D eigenvalue weighted by Crippen LogP contribution is 2.21. The number of rotatable bonds is 5. The highest BCUT2D eigenvalue weighted by Gasteiger charge is 2.30. The van der Waals surface area contributed by atoms with E-state index >= 15 is 0 Å². The molecule has 6 nitrogen and oxygen atoms in total. The summed E-state index contributed by atoms with van der Waals surface area (Å²) < 4.78 is 12.5. The lowest BCUT2D eigenvalue weighted by Crippen LogP contribution is -2.35. The average molecular weight is 358 g/mol. The van der Waals surface area contributed by atoms with Crippen LogP contribution in [0.25, 0.3) is 0 Å². The van der Waals surface area contributed by atoms with Crippen LogP contribution in [0.4, 0.5) is 10.2 Å². The molecule has 3 rings (SSSR count). The van der Waals surface area contributed by atoms with E-state index in [2.05, 4.69) is 20.6 Å². The van der Waals surface area contributed by atoms with Crippen LogP contribution in [0, 0.1) is 0 Å². The Kier molecular flexibility index (Phi) is 5.39. The van der Waals surface area contributed by atoms with Gasteiger partial charge in [0, 0.05) is 18.3 Å². The number of amidine groups is 1. The molecular formula is C17H15FN4O2S. The van der Waals surface area contributed by atoms with Gasteiger partial charge in [0.1, 0.15) is 11.9 Å². The van der Waals surface area contributed by atoms with Crippen LogP contribution in [0.2, 0.25) is 0 Å². The summed E-state index contributed by atoms with van der Waals surface area (Å²) in [6.07, 6.45) is 1.62. The van der Waals surface area contributed by atoms with Crippen LogP contribution in [-0.4, -0.2) is 33.8 Å². The fraction of sp³-hybridized carbons (Fsp3) is 0.176. The van der Waals surface area contributed by atoms with Crippen molar-refractivity contribution in [2.45, 2.75) is 11.9 Å². The van der Waals surface area contributed by atoms with Crippen LogP contribution in [0.3, 0.4) is 0 Å². The zero-order chi connectivity index (χ0) is 17.6. The minimum absolute atomic E-state index is 0.168. The summed E-state index contributed by atoms with van der Waals surface area (Å²) in [6, 6.07) is 11.5. The van der Waals surface area contributed by atoms with Crippen molar-refractivity contribution in [1.82, 2.24) is 15.6 Å². The predicted molar refractivity (Wildman–Crippen MR) is 94.4 cm³/mol. The molecule has 0 spiro atoms. The van der Waals surface area contributed by atoms with Crippen molar-refractivity contribution in [2.24, 2.45) is 4.99 Å². The minimum atomic E-state index is -0.570. The zero-order valence-electron chi connectivity index (χ0n) is 13.1. The van der Waals surface area contributed by atoms with Gasteiger partial charge in [-0.15, -0.1) is 0 Å². The molecule has 2 amide bonds. The first-order valence-electron chi connectivity index (χ1n) is 7.56. The fourth-order valence-corrected chi connectivity index (χ4v) is 3.06. The molecule has 0 bridgehead atoms. The summed E-state index contributed by atoms with van der Waals surface area (Å²) in [5.41, 5.74) is 0.931. The lowest BCUT2D eigenvalue weighted by molar-refractivity contribution is -0.118. The molecule has 1 unspecified atom stereocenters. The second-order valence-electron chi connectivity index (χ2n) is 5.24. The number of thioether (sulfide) groups is 1. The van der Waals surface area contributed by atoms with Crippen LogP contribution >= 0.6 is 11.8 Å². The largest absolute Gasteiger partial charge is 0.350 e. The maximum Gasteiger partial charge on any atom is 0.251 e. The van der Waals surface area contributed by atoms with Crippen molar-refractivity contribution in [1.29, 1.82) is 0 Å². The van der Waals surface area contributed by atoms with Crippen LogP contribution < -0.4 is 10.6 Å². The maximum atomic E-state index is 12.5. The first-order valence-corrected chi connectivity index (χ1v) is 8.44. The summed E-state index contributed by atoms with van der Waals surface area (Å²) in [5, 5.41) is 5.37. The van der Waals surface area contributed by atoms with E-state index in [0.29, 0.717) is 22.1 Å². The van der Waals surface area contributed by atoms with Gasteiger partial charge in [-0.25, -0.2) is 14.4 Å². The van der Waals surface area contributed by atoms with Crippen molar-refractivity contribution in [3.63, 3.8) is 0 Å². The molecule has 1 aromatic carbocycles. The lowest BCUT2D eigenvalue weighted by Gasteiger charge is -2.08. The van der Waals surface area contributed by atoms with Gasteiger partial charge in [0.15, 0.2) is 11.0 Å². The average Bonchev–Trinajstić information content (AvgIpc) is 2.99. The Morgan fingerprint density at radius 3 is 2.76 bits per heavy atom. The topological polar surface area (TPSA) is 83.4 Å². The zero-order valence-corrected chi connectivity index (χ0v) is 13.9. The third-order valence-electron chi connectivity index (χ3n) is 3.46. The molecule has 2 heterocycles. The van der Waals surface area contributed by atoms with E-state index in [1.165, 1.54) is 11.8 Å². The molecule has 0 aliphatic carbocycles. The third-order valence-corrected chi connectivity index (χ3v) is 4.54. The van der Waals surface area contributed by atoms with Gasteiger partial charge in [-0.1, -0.05) is 30.0 Å². The van der Waals surface area contributed by atoms with E-state index < -0.39 is 11.9 Å². The Bertz CT molecular complexity index is 796. The van der Waals surface area contributed by atoms with E-state index in [0.717, 1.165) is 0 Å². The number of aliphatic imine (C=N–C) groups is 1. The number of halogens is 1. The quantitative estimate of drug-likeness (QED) is 0.858. The maximum absolute atomic E-state index is 12.5. The second-order valence-corrected chi connectivity index (χ2v) is 6.43. The Labute approximate surface area is 147 Å². The number of carbonyl (C=O) groups is 2. The number of benzene rings is 1. The molecule has 1 fully saturated rings. The van der Waals surface area contributed by atoms with Crippen molar-refractivity contribution < 1.29 is 14.0 Å². The Morgan fingerprint density at radius 2 is 2.08 bits per heavy atom. The number of nitrogens with one attached hydrogen (secondary N) is 2. The normalized spacial score (nSPS) is 18.2. The smallest absolute Gasteiger partial charge is 0.251 e. The van der Waals surface area contributed by atoms with Crippen molar-refractivity contribution in [2.75, 3.05) is 6.54 Å². The van der Waals surface area contributed by atoms with Gasteiger partial charge in [0.25, 0.3) is 5.91 Å². The van der Waals surface area contributed by atoms with Gasteiger partial charge in [-0.3, -0.25) is 9.59 Å². The molecule has 128 valence electrons. The Morgan fingerprint density at radius 1 is 1.28 bits per heavy atom. The van der Waals surface area contributed by atoms with Crippen molar-refractivity contribution >= 4 is 34.6 Å². The standard InChI is InChI=1S/C17H15FN4O2S/c18-9-11-4-6-12(7-5-11)15(23)20-10-13-16(24)22-17(25-13)21-14-3-1-2-8-19-14/h1-8,13H,9-10H2,(H,20,23)(H,19,21,22,24). The Hall–Kier alpha value is -2.74. The monoisotopic (exact) mass is 358 g/mol. The Balaban J connectivity index is 1.57. The van der Waals surface area contributed by atoms with E-state index in [-0.39, 0.29) is 18.4 Å². The summed E-state index contributed by atoms with van der Waals surface area (Å²) in [5.74, 6) is -0.0235. The van der Waals surface area contributed by atoms with Gasteiger partial charge in [0.2, 0.25) is 5.91 Å². The highest BCUT2D eigenvalue weighted by atomic mass is 32.2. The number of aromatic nitrogens is 1. The summed E-state index contributed by atoms with van der Waals surface area (Å²) >= 11 is 1.24. The van der Waals surface area contributed by atoms with Crippen molar-refractivity contribution in [3.8, 4) is 0 Å². The van der Waals surface area contributed by atoms with Crippen LogP contribution in [-0.2, 0) is 11.5 Å². The lowest BCUT2D eigenvalue weighted by atomic mass is 10.1. The minimum Gasteiger partial charge on any atom is -0.350 e. The first kappa shape index (κ1) is 17.1. The number of hydrogen-bond donors (Lipinski definition) is 2. The molecule has 0 saturated carbocycles. The number of hydrogen-bond acceptors (Lipinski definition) is 5. The number of carbonyl (C=O) groups excluding carboxylic acids is 2. The van der Waals surface area contributed by atoms with E-state index in [4.69, 9.17) is 0 Å². The third kappa shape index (κ3) is 4.42. The molecule has 1 atom stereocenters. The molecule has 25 heavy (non-hydrogen) atoms. The van der Waals surface area contributed by atoms with Gasteiger partial charge >= 0.3 is 0 Å². The molecule has 1 saturated heterocycles. The molecule has 2 aromatic rings. The summed E-state index contributed by atoms with van der Waals surface area (Å²) in [6.45, 7) is -0.402. The van der Waals surface area contributed by atoms with Gasteiger partial charge in [-0.2, -0.15) is 0 Å². The van der Waals surface area contributed by atoms with E-state index in [9.17, 15) is 14.0 Å². The van der Waals surface area contributed by atoms with Gasteiger partial charge in [0.05, 0.1) is 0 Å². The predicted octanol–water partition coefficient (Wildman–Crippen LogP) is 2.20.